The first-order chi connectivity index (χ1) is 18.2. The van der Waals surface area contributed by atoms with Gasteiger partial charge in [0.15, 0.2) is 11.9 Å². The summed E-state index contributed by atoms with van der Waals surface area (Å²) in [5, 5.41) is 7.72. The van der Waals surface area contributed by atoms with E-state index in [0.717, 1.165) is 25.3 Å². The first-order valence-electron chi connectivity index (χ1n) is 11.6. The summed E-state index contributed by atoms with van der Waals surface area (Å²) >= 11 is 0. The Bertz CT molecular complexity index is 1520. The van der Waals surface area contributed by atoms with Crippen molar-refractivity contribution < 1.29 is 31.8 Å². The Morgan fingerprint density at radius 1 is 1.18 bits per heavy atom. The second kappa shape index (κ2) is 9.89. The average Bonchev–Trinajstić information content (AvgIpc) is 3.30. The molecule has 1 unspecified atom stereocenters. The molecule has 1 aliphatic heterocycles. The van der Waals surface area contributed by atoms with Crippen molar-refractivity contribution in [2.45, 2.75) is 31.7 Å². The molecule has 38 heavy (non-hydrogen) atoms. The minimum Gasteiger partial charge on any atom is -0.495 e. The summed E-state index contributed by atoms with van der Waals surface area (Å²) in [6.45, 7) is 0.601. The highest BCUT2D eigenvalue weighted by atomic mass is 19.4. The highest BCUT2D eigenvalue weighted by Gasteiger charge is 2.32. The number of hydrogen-bond acceptors (Lipinski definition) is 7. The summed E-state index contributed by atoms with van der Waals surface area (Å²) in [5.74, 6) is -1.81. The molecule has 1 amide bonds. The minimum absolute atomic E-state index is 0.170. The van der Waals surface area contributed by atoms with Gasteiger partial charge >= 0.3 is 6.18 Å². The van der Waals surface area contributed by atoms with E-state index < -0.39 is 29.0 Å². The van der Waals surface area contributed by atoms with Crippen LogP contribution in [0.3, 0.4) is 0 Å². The fraction of sp³-hybridized carbons (Fsp3) is 0.280. The number of nitrogens with zero attached hydrogens (tertiary/aromatic N) is 4. The first kappa shape index (κ1) is 25.4. The molecule has 5 rings (SSSR count). The topological polar surface area (TPSA) is 117 Å². The molecule has 1 saturated heterocycles. The van der Waals surface area contributed by atoms with Gasteiger partial charge < -0.3 is 20.5 Å². The maximum atomic E-state index is 14.3. The predicted molar refractivity (Wildman–Crippen MR) is 130 cm³/mol. The molecule has 9 nitrogen and oxygen atoms in total. The van der Waals surface area contributed by atoms with Gasteiger partial charge in [-0.2, -0.15) is 18.3 Å². The third-order valence-corrected chi connectivity index (χ3v) is 6.21. The number of anilines is 2. The van der Waals surface area contributed by atoms with Crippen molar-refractivity contribution in [2.75, 3.05) is 24.8 Å². The summed E-state index contributed by atoms with van der Waals surface area (Å²) in [6.07, 6.45) is -1.00. The van der Waals surface area contributed by atoms with Gasteiger partial charge in [-0.3, -0.25) is 4.79 Å². The third-order valence-electron chi connectivity index (χ3n) is 6.21. The maximum absolute atomic E-state index is 14.3. The van der Waals surface area contributed by atoms with Gasteiger partial charge in [0.05, 0.1) is 29.3 Å². The Morgan fingerprint density at radius 3 is 2.68 bits per heavy atom. The van der Waals surface area contributed by atoms with Crippen LogP contribution >= 0.6 is 0 Å². The lowest BCUT2D eigenvalue weighted by molar-refractivity contribution is -0.137. The van der Waals surface area contributed by atoms with E-state index in [1.165, 1.54) is 19.5 Å². The maximum Gasteiger partial charge on any atom is 0.416 e. The van der Waals surface area contributed by atoms with Crippen LogP contribution in [0.4, 0.5) is 29.1 Å². The molecule has 0 bridgehead atoms. The number of ether oxygens (including phenoxy) is 2. The highest BCUT2D eigenvalue weighted by Crippen LogP contribution is 2.37. The molecule has 3 heterocycles. The van der Waals surface area contributed by atoms with Crippen molar-refractivity contribution in [2.24, 2.45) is 0 Å². The lowest BCUT2D eigenvalue weighted by atomic mass is 10.1. The van der Waals surface area contributed by atoms with Gasteiger partial charge in [0.25, 0.3) is 5.91 Å². The summed E-state index contributed by atoms with van der Waals surface area (Å²) in [4.78, 5) is 21.1. The molecule has 0 spiro atoms. The number of nitrogens with one attached hydrogen (secondary N) is 1. The predicted octanol–water partition coefficient (Wildman–Crippen LogP) is 5.19. The monoisotopic (exact) mass is 530 g/mol. The van der Waals surface area contributed by atoms with Gasteiger partial charge in [-0.05, 0) is 49.6 Å². The molecule has 13 heteroatoms. The second-order valence-electron chi connectivity index (χ2n) is 8.63. The number of fused-ring (bicyclic) bond motifs is 1. The normalized spacial score (nSPS) is 16.0. The molecule has 2 aromatic heterocycles. The Morgan fingerprint density at radius 2 is 2.00 bits per heavy atom. The molecule has 0 aliphatic carbocycles. The molecule has 4 aromatic rings. The number of rotatable bonds is 5. The van der Waals surface area contributed by atoms with Gasteiger partial charge in [-0.1, -0.05) is 6.07 Å². The fourth-order valence-electron chi connectivity index (χ4n) is 4.32. The lowest BCUT2D eigenvalue weighted by Crippen LogP contribution is -2.19. The SMILES string of the molecule is COc1cc(-c2nn(C3CCCCO3)c3ncnc(N)c23)ccc1NC(=O)c1ccc(C(F)(F)F)cc1F. The van der Waals surface area contributed by atoms with Crippen LogP contribution in [0, 0.1) is 5.82 Å². The van der Waals surface area contributed by atoms with Crippen LogP contribution in [0.25, 0.3) is 22.3 Å². The van der Waals surface area contributed by atoms with E-state index in [0.29, 0.717) is 35.0 Å². The lowest BCUT2D eigenvalue weighted by Gasteiger charge is -2.22. The zero-order chi connectivity index (χ0) is 27.0. The zero-order valence-corrected chi connectivity index (χ0v) is 20.1. The number of carbonyl (C=O) groups is 1. The number of aromatic nitrogens is 4. The Kier molecular flexibility index (Phi) is 6.61. The van der Waals surface area contributed by atoms with Gasteiger partial charge in [-0.15, -0.1) is 0 Å². The Balaban J connectivity index is 1.48. The Labute approximate surface area is 213 Å². The van der Waals surface area contributed by atoms with Crippen molar-refractivity contribution >= 4 is 28.4 Å². The van der Waals surface area contributed by atoms with E-state index in [2.05, 4.69) is 15.3 Å². The molecule has 3 N–H and O–H groups in total. The largest absolute Gasteiger partial charge is 0.495 e. The second-order valence-corrected chi connectivity index (χ2v) is 8.63. The number of carbonyl (C=O) groups excluding carboxylic acids is 1. The van der Waals surface area contributed by atoms with Crippen molar-refractivity contribution in [1.82, 2.24) is 19.7 Å². The molecule has 2 aromatic carbocycles. The summed E-state index contributed by atoms with van der Waals surface area (Å²) < 4.78 is 65.8. The number of benzene rings is 2. The average molecular weight is 530 g/mol. The van der Waals surface area contributed by atoms with E-state index in [4.69, 9.17) is 20.3 Å². The fourth-order valence-corrected chi connectivity index (χ4v) is 4.32. The summed E-state index contributed by atoms with van der Waals surface area (Å²) in [7, 11) is 1.37. The summed E-state index contributed by atoms with van der Waals surface area (Å²) in [6, 6.07) is 6.45. The minimum atomic E-state index is -4.73. The number of amides is 1. The van der Waals surface area contributed by atoms with E-state index in [-0.39, 0.29) is 29.5 Å². The van der Waals surface area contributed by atoms with E-state index >= 15 is 0 Å². The standard InChI is InChI=1S/C25H22F4N6O3/c1-37-18-10-13(5-8-17(18)33-24(36)15-7-6-14(11-16(15)26)25(27,28)29)21-20-22(30)31-12-32-23(20)35(34-21)19-4-2-3-9-38-19/h5-8,10-12,19H,2-4,9H2,1H3,(H,33,36)(H2,30,31,32). The highest BCUT2D eigenvalue weighted by molar-refractivity contribution is 6.06. The smallest absolute Gasteiger partial charge is 0.416 e. The number of nitrogens with two attached hydrogens (primary N) is 1. The molecular formula is C25H22F4N6O3. The Hall–Kier alpha value is -4.26. The van der Waals surface area contributed by atoms with E-state index in [9.17, 15) is 22.4 Å². The number of methoxy groups -OCH3 is 1. The van der Waals surface area contributed by atoms with Crippen LogP contribution in [-0.2, 0) is 10.9 Å². The van der Waals surface area contributed by atoms with Crippen LogP contribution in [0.15, 0.2) is 42.7 Å². The van der Waals surface area contributed by atoms with Gasteiger partial charge in [0, 0.05) is 12.2 Å². The van der Waals surface area contributed by atoms with Crippen LogP contribution in [0.5, 0.6) is 5.75 Å². The quantitative estimate of drug-likeness (QED) is 0.341. The third kappa shape index (κ3) is 4.72. The molecule has 1 aliphatic rings. The van der Waals surface area contributed by atoms with Crippen LogP contribution in [0.1, 0.15) is 41.4 Å². The van der Waals surface area contributed by atoms with Crippen LogP contribution in [-0.4, -0.2) is 39.4 Å². The van der Waals surface area contributed by atoms with Crippen molar-refractivity contribution in [1.29, 1.82) is 0 Å². The van der Waals surface area contributed by atoms with Crippen LogP contribution in [0.2, 0.25) is 0 Å². The van der Waals surface area contributed by atoms with Crippen molar-refractivity contribution in [3.63, 3.8) is 0 Å². The van der Waals surface area contributed by atoms with Crippen molar-refractivity contribution in [3.8, 4) is 17.0 Å². The number of alkyl halides is 3. The number of halogens is 4. The number of hydrogen-bond donors (Lipinski definition) is 2. The first-order valence-corrected chi connectivity index (χ1v) is 11.6. The molecule has 1 atom stereocenters. The molecule has 0 radical (unpaired) electrons. The molecular weight excluding hydrogens is 508 g/mol. The van der Waals surface area contributed by atoms with E-state index in [1.807, 2.05) is 0 Å². The molecule has 1 fully saturated rings. The molecule has 0 saturated carbocycles. The van der Waals surface area contributed by atoms with Gasteiger partial charge in [-0.25, -0.2) is 19.0 Å². The van der Waals surface area contributed by atoms with Gasteiger partial charge in [0.1, 0.15) is 29.4 Å². The summed E-state index contributed by atoms with van der Waals surface area (Å²) in [5.41, 5.74) is 6.16. The van der Waals surface area contributed by atoms with Crippen molar-refractivity contribution in [3.05, 3.63) is 59.7 Å². The van der Waals surface area contributed by atoms with Crippen LogP contribution < -0.4 is 15.8 Å². The van der Waals surface area contributed by atoms with E-state index in [1.54, 1.807) is 16.8 Å². The molecule has 198 valence electrons. The van der Waals surface area contributed by atoms with Gasteiger partial charge in [0.2, 0.25) is 0 Å². The number of nitrogen functional groups attached to an aromatic ring is 1. The zero-order valence-electron chi connectivity index (χ0n) is 20.1.